The Bertz CT molecular complexity index is 187. The number of hydrogen-bond acceptors (Lipinski definition) is 4. The van der Waals surface area contributed by atoms with Crippen molar-refractivity contribution < 1.29 is 19.0 Å². The first-order chi connectivity index (χ1) is 7.22. The van der Waals surface area contributed by atoms with Gasteiger partial charge in [-0.05, 0) is 12.3 Å². The van der Waals surface area contributed by atoms with Crippen LogP contribution in [0.25, 0.3) is 0 Å². The van der Waals surface area contributed by atoms with Gasteiger partial charge in [0.25, 0.3) is 0 Å². The number of rotatable bonds is 6. The van der Waals surface area contributed by atoms with E-state index in [1.165, 1.54) is 0 Å². The van der Waals surface area contributed by atoms with Crippen LogP contribution in [-0.2, 0) is 19.0 Å². The number of carbonyl (C=O) groups is 1. The zero-order chi connectivity index (χ0) is 11.1. The van der Waals surface area contributed by atoms with Gasteiger partial charge >= 0.3 is 5.97 Å². The molecule has 0 bridgehead atoms. The van der Waals surface area contributed by atoms with Crippen molar-refractivity contribution in [3.05, 3.63) is 0 Å². The van der Waals surface area contributed by atoms with Gasteiger partial charge in [-0.15, -0.1) is 0 Å². The zero-order valence-electron chi connectivity index (χ0n) is 9.53. The van der Waals surface area contributed by atoms with Gasteiger partial charge in [0.05, 0.1) is 19.8 Å². The Morgan fingerprint density at radius 2 is 2.13 bits per heavy atom. The van der Waals surface area contributed by atoms with Crippen LogP contribution in [0.3, 0.4) is 0 Å². The van der Waals surface area contributed by atoms with Crippen molar-refractivity contribution in [1.82, 2.24) is 0 Å². The number of esters is 1. The van der Waals surface area contributed by atoms with E-state index in [0.29, 0.717) is 26.2 Å². The van der Waals surface area contributed by atoms with Crippen molar-refractivity contribution in [2.45, 2.75) is 39.4 Å². The quantitative estimate of drug-likeness (QED) is 0.634. The summed E-state index contributed by atoms with van der Waals surface area (Å²) in [5.41, 5.74) is 0. The van der Waals surface area contributed by atoms with Gasteiger partial charge in [0.2, 0.25) is 0 Å². The Hall–Kier alpha value is -0.610. The molecule has 0 aromatic rings. The second-order valence-corrected chi connectivity index (χ2v) is 3.94. The average molecular weight is 216 g/mol. The van der Waals surface area contributed by atoms with Gasteiger partial charge in [-0.2, -0.15) is 0 Å². The van der Waals surface area contributed by atoms with Crippen LogP contribution in [0.4, 0.5) is 0 Å². The lowest BCUT2D eigenvalue weighted by atomic mass is 10.0. The fraction of sp³-hybridized carbons (Fsp3) is 0.909. The van der Waals surface area contributed by atoms with E-state index in [1.807, 2.05) is 13.8 Å². The third-order valence-corrected chi connectivity index (χ3v) is 2.27. The highest BCUT2D eigenvalue weighted by Crippen LogP contribution is 2.17. The van der Waals surface area contributed by atoms with Crippen molar-refractivity contribution in [2.75, 3.05) is 19.8 Å². The maximum absolute atomic E-state index is 11.3. The largest absolute Gasteiger partial charge is 0.466 e. The van der Waals surface area contributed by atoms with Crippen LogP contribution in [-0.4, -0.2) is 32.1 Å². The van der Waals surface area contributed by atoms with E-state index in [4.69, 9.17) is 14.2 Å². The molecule has 0 saturated carbocycles. The van der Waals surface area contributed by atoms with E-state index >= 15 is 0 Å². The number of carbonyl (C=O) groups excluding carboxylic acids is 1. The van der Waals surface area contributed by atoms with Crippen molar-refractivity contribution in [2.24, 2.45) is 5.92 Å². The van der Waals surface area contributed by atoms with Crippen molar-refractivity contribution >= 4 is 5.97 Å². The molecule has 0 unspecified atom stereocenters. The highest BCUT2D eigenvalue weighted by molar-refractivity contribution is 5.69. The lowest BCUT2D eigenvalue weighted by molar-refractivity contribution is -0.145. The first kappa shape index (κ1) is 12.5. The molecule has 1 heterocycles. The van der Waals surface area contributed by atoms with E-state index in [0.717, 1.165) is 12.8 Å². The molecule has 4 nitrogen and oxygen atoms in total. The molecule has 15 heavy (non-hydrogen) atoms. The van der Waals surface area contributed by atoms with Crippen LogP contribution in [0.2, 0.25) is 0 Å². The predicted octanol–water partition coefficient (Wildman–Crippen LogP) is 1.73. The molecule has 1 atom stereocenters. The fourth-order valence-corrected chi connectivity index (χ4v) is 1.51. The molecule has 0 aliphatic carbocycles. The monoisotopic (exact) mass is 216 g/mol. The molecular weight excluding hydrogens is 196 g/mol. The average Bonchev–Trinajstić information content (AvgIpc) is 2.67. The molecule has 1 aliphatic rings. The minimum atomic E-state index is -0.126. The van der Waals surface area contributed by atoms with E-state index in [1.54, 1.807) is 0 Å². The van der Waals surface area contributed by atoms with E-state index in [9.17, 15) is 4.79 Å². The van der Waals surface area contributed by atoms with Gasteiger partial charge in [0, 0.05) is 12.8 Å². The van der Waals surface area contributed by atoms with Gasteiger partial charge in [0.1, 0.15) is 0 Å². The SMILES string of the molecule is CCCOC(=O)C[C@H](C)CC1OCCO1. The van der Waals surface area contributed by atoms with Gasteiger partial charge < -0.3 is 14.2 Å². The van der Waals surface area contributed by atoms with E-state index < -0.39 is 0 Å². The Kier molecular flexibility index (Phi) is 5.65. The minimum absolute atomic E-state index is 0.123. The summed E-state index contributed by atoms with van der Waals surface area (Å²) < 4.78 is 15.6. The topological polar surface area (TPSA) is 44.8 Å². The summed E-state index contributed by atoms with van der Waals surface area (Å²) in [6, 6.07) is 0. The number of hydrogen-bond donors (Lipinski definition) is 0. The Labute approximate surface area is 90.9 Å². The Morgan fingerprint density at radius 3 is 2.73 bits per heavy atom. The predicted molar refractivity (Wildman–Crippen MR) is 55.3 cm³/mol. The summed E-state index contributed by atoms with van der Waals surface area (Å²) in [6.07, 6.45) is 1.96. The van der Waals surface area contributed by atoms with Crippen molar-refractivity contribution in [1.29, 1.82) is 0 Å². The highest BCUT2D eigenvalue weighted by Gasteiger charge is 2.20. The molecular formula is C11H20O4. The molecule has 0 spiro atoms. The Balaban J connectivity index is 2.11. The van der Waals surface area contributed by atoms with Crippen LogP contribution in [0.15, 0.2) is 0 Å². The fourth-order valence-electron chi connectivity index (χ4n) is 1.51. The normalized spacial score (nSPS) is 19.1. The smallest absolute Gasteiger partial charge is 0.306 e. The molecule has 1 fully saturated rings. The first-order valence-corrected chi connectivity index (χ1v) is 5.61. The van der Waals surface area contributed by atoms with Crippen molar-refractivity contribution in [3.8, 4) is 0 Å². The molecule has 0 radical (unpaired) electrons. The van der Waals surface area contributed by atoms with Gasteiger partial charge in [-0.1, -0.05) is 13.8 Å². The maximum atomic E-state index is 11.3. The summed E-state index contributed by atoms with van der Waals surface area (Å²) in [6.45, 7) is 5.84. The maximum Gasteiger partial charge on any atom is 0.306 e. The van der Waals surface area contributed by atoms with Crippen LogP contribution in [0.1, 0.15) is 33.1 Å². The lowest BCUT2D eigenvalue weighted by Crippen LogP contribution is -2.16. The summed E-state index contributed by atoms with van der Waals surface area (Å²) in [4.78, 5) is 11.3. The zero-order valence-corrected chi connectivity index (χ0v) is 9.53. The molecule has 1 rings (SSSR count). The summed E-state index contributed by atoms with van der Waals surface area (Å²) in [7, 11) is 0. The molecule has 4 heteroatoms. The second kappa shape index (κ2) is 6.80. The van der Waals surface area contributed by atoms with Crippen LogP contribution in [0, 0.1) is 5.92 Å². The summed E-state index contributed by atoms with van der Waals surface area (Å²) in [5, 5.41) is 0. The van der Waals surface area contributed by atoms with Gasteiger partial charge in [-0.3, -0.25) is 4.79 Å². The van der Waals surface area contributed by atoms with Crippen LogP contribution >= 0.6 is 0 Å². The van der Waals surface area contributed by atoms with Crippen molar-refractivity contribution in [3.63, 3.8) is 0 Å². The van der Waals surface area contributed by atoms with Gasteiger partial charge in [-0.25, -0.2) is 0 Å². The molecule has 88 valence electrons. The molecule has 1 aliphatic heterocycles. The molecule has 0 amide bonds. The number of ether oxygens (including phenoxy) is 3. The van der Waals surface area contributed by atoms with E-state index in [-0.39, 0.29) is 18.2 Å². The molecule has 0 aromatic carbocycles. The second-order valence-electron chi connectivity index (χ2n) is 3.94. The standard InChI is InChI=1S/C11H20O4/c1-3-4-13-10(12)7-9(2)8-11-14-5-6-15-11/h9,11H,3-8H2,1-2H3/t9-/m0/s1. The molecule has 1 saturated heterocycles. The summed E-state index contributed by atoms with van der Waals surface area (Å²) in [5.74, 6) is 0.125. The minimum Gasteiger partial charge on any atom is -0.466 e. The lowest BCUT2D eigenvalue weighted by Gasteiger charge is -2.14. The summed E-state index contributed by atoms with van der Waals surface area (Å²) >= 11 is 0. The molecule has 0 aromatic heterocycles. The van der Waals surface area contributed by atoms with Crippen LogP contribution in [0.5, 0.6) is 0 Å². The third-order valence-electron chi connectivity index (χ3n) is 2.27. The molecule has 0 N–H and O–H groups in total. The van der Waals surface area contributed by atoms with Gasteiger partial charge in [0.15, 0.2) is 6.29 Å². The highest BCUT2D eigenvalue weighted by atomic mass is 16.7. The first-order valence-electron chi connectivity index (χ1n) is 5.61. The van der Waals surface area contributed by atoms with Crippen LogP contribution < -0.4 is 0 Å². The Morgan fingerprint density at radius 1 is 1.47 bits per heavy atom. The van der Waals surface area contributed by atoms with E-state index in [2.05, 4.69) is 0 Å². The third kappa shape index (κ3) is 5.14.